The van der Waals surface area contributed by atoms with E-state index < -0.39 is 22.0 Å². The molecule has 3 rings (SSSR count). The Morgan fingerprint density at radius 3 is 2.19 bits per heavy atom. The highest BCUT2D eigenvalue weighted by Gasteiger charge is 2.28. The second-order valence-corrected chi connectivity index (χ2v) is 9.78. The third-order valence-electron chi connectivity index (χ3n) is 5.07. The fourth-order valence-electron chi connectivity index (χ4n) is 3.29. The van der Waals surface area contributed by atoms with Crippen LogP contribution < -0.4 is 19.8 Å². The fraction of sp³-hybridized carbons (Fsp3) is 0.192. The van der Waals surface area contributed by atoms with E-state index in [0.717, 1.165) is 16.1 Å². The number of carbonyl (C=O) groups excluding carboxylic acids is 2. The van der Waals surface area contributed by atoms with Crippen molar-refractivity contribution in [3.8, 4) is 5.75 Å². The molecule has 2 amide bonds. The minimum absolute atomic E-state index is 0.119. The molecule has 0 saturated carbocycles. The van der Waals surface area contributed by atoms with Crippen molar-refractivity contribution >= 4 is 33.7 Å². The first kappa shape index (κ1) is 26.4. The summed E-state index contributed by atoms with van der Waals surface area (Å²) in [5.41, 5.74) is 4.43. The van der Waals surface area contributed by atoms with E-state index in [1.165, 1.54) is 13.1 Å². The van der Waals surface area contributed by atoms with Crippen molar-refractivity contribution in [2.45, 2.75) is 19.5 Å². The Hall–Kier alpha value is -4.18. The number of para-hydroxylation sites is 1. The topological polar surface area (TPSA) is 117 Å². The molecule has 0 heterocycles. The quantitative estimate of drug-likeness (QED) is 0.305. The Bertz CT molecular complexity index is 1280. The maximum absolute atomic E-state index is 12.6. The van der Waals surface area contributed by atoms with Gasteiger partial charge in [0.2, 0.25) is 10.0 Å². The summed E-state index contributed by atoms with van der Waals surface area (Å²) in [7, 11) is -3.70. The lowest BCUT2D eigenvalue weighted by atomic mass is 10.2. The first-order valence-corrected chi connectivity index (χ1v) is 13.0. The standard InChI is InChI=1S/C26H28N4O5S/c1-20(30(36(2,33)34)23-11-7-4-8-12-23)26(32)29-28-18-22-13-15-24(16-14-22)35-19-25(31)27-17-21-9-5-3-6-10-21/h3-16,18,20H,17,19H2,1-2H3,(H,27,31)(H,29,32)/b28-18-/t20-/m0/s1. The number of nitrogens with zero attached hydrogens (tertiary/aromatic N) is 2. The largest absolute Gasteiger partial charge is 0.484 e. The smallest absolute Gasteiger partial charge is 0.263 e. The van der Waals surface area contributed by atoms with Gasteiger partial charge in [-0.25, -0.2) is 13.8 Å². The second-order valence-electron chi connectivity index (χ2n) is 7.92. The van der Waals surface area contributed by atoms with Crippen molar-refractivity contribution in [1.29, 1.82) is 0 Å². The molecule has 2 N–H and O–H groups in total. The molecule has 9 nitrogen and oxygen atoms in total. The van der Waals surface area contributed by atoms with Gasteiger partial charge in [-0.2, -0.15) is 5.10 Å². The molecule has 0 unspecified atom stereocenters. The molecule has 1 atom stereocenters. The number of rotatable bonds is 11. The lowest BCUT2D eigenvalue weighted by Gasteiger charge is -2.27. The van der Waals surface area contributed by atoms with Gasteiger partial charge in [-0.1, -0.05) is 48.5 Å². The highest BCUT2D eigenvalue weighted by molar-refractivity contribution is 7.92. The van der Waals surface area contributed by atoms with Crippen molar-refractivity contribution < 1.29 is 22.7 Å². The van der Waals surface area contributed by atoms with Gasteiger partial charge in [0.1, 0.15) is 11.8 Å². The van der Waals surface area contributed by atoms with Gasteiger partial charge in [-0.05, 0) is 54.4 Å². The lowest BCUT2D eigenvalue weighted by molar-refractivity contribution is -0.123. The van der Waals surface area contributed by atoms with Crippen molar-refractivity contribution in [2.24, 2.45) is 5.10 Å². The number of hydrogen-bond donors (Lipinski definition) is 2. The highest BCUT2D eigenvalue weighted by Crippen LogP contribution is 2.20. The number of benzene rings is 3. The predicted molar refractivity (Wildman–Crippen MR) is 139 cm³/mol. The number of nitrogens with one attached hydrogen (secondary N) is 2. The molecule has 0 aliphatic carbocycles. The van der Waals surface area contributed by atoms with Crippen LogP contribution in [0, 0.1) is 0 Å². The van der Waals surface area contributed by atoms with Gasteiger partial charge in [-0.3, -0.25) is 13.9 Å². The first-order valence-electron chi connectivity index (χ1n) is 11.1. The summed E-state index contributed by atoms with van der Waals surface area (Å²) < 4.78 is 31.1. The average Bonchev–Trinajstić information content (AvgIpc) is 2.87. The molecule has 3 aromatic carbocycles. The zero-order valence-electron chi connectivity index (χ0n) is 20.0. The van der Waals surface area contributed by atoms with Crippen molar-refractivity contribution in [2.75, 3.05) is 17.2 Å². The van der Waals surface area contributed by atoms with Crippen LogP contribution in [0.1, 0.15) is 18.1 Å². The summed E-state index contributed by atoms with van der Waals surface area (Å²) in [6.07, 6.45) is 2.47. The van der Waals surface area contributed by atoms with Crippen LogP contribution >= 0.6 is 0 Å². The fourth-order valence-corrected chi connectivity index (χ4v) is 4.47. The van der Waals surface area contributed by atoms with Gasteiger partial charge in [0.05, 0.1) is 18.2 Å². The minimum Gasteiger partial charge on any atom is -0.484 e. The van der Waals surface area contributed by atoms with Gasteiger partial charge >= 0.3 is 0 Å². The Morgan fingerprint density at radius 1 is 0.972 bits per heavy atom. The molecule has 188 valence electrons. The molecule has 0 spiro atoms. The number of amides is 2. The molecule has 0 aromatic heterocycles. The summed E-state index contributed by atoms with van der Waals surface area (Å²) >= 11 is 0. The number of anilines is 1. The zero-order valence-corrected chi connectivity index (χ0v) is 20.8. The number of sulfonamides is 1. The Balaban J connectivity index is 1.49. The van der Waals surface area contributed by atoms with Crippen LogP contribution in [0.2, 0.25) is 0 Å². The van der Waals surface area contributed by atoms with Crippen molar-refractivity contribution in [1.82, 2.24) is 10.7 Å². The maximum Gasteiger partial charge on any atom is 0.263 e. The summed E-state index contributed by atoms with van der Waals surface area (Å²) in [6, 6.07) is 23.7. The van der Waals surface area contributed by atoms with E-state index in [1.807, 2.05) is 30.3 Å². The van der Waals surface area contributed by atoms with Gasteiger partial charge in [-0.15, -0.1) is 0 Å². The second kappa shape index (κ2) is 12.5. The normalized spacial score (nSPS) is 12.1. The Labute approximate surface area is 210 Å². The Morgan fingerprint density at radius 2 is 1.58 bits per heavy atom. The van der Waals surface area contributed by atoms with E-state index in [9.17, 15) is 18.0 Å². The molecule has 3 aromatic rings. The molecule has 0 radical (unpaired) electrons. The van der Waals surface area contributed by atoms with Gasteiger partial charge in [0.25, 0.3) is 11.8 Å². The third-order valence-corrected chi connectivity index (χ3v) is 6.31. The lowest BCUT2D eigenvalue weighted by Crippen LogP contribution is -2.46. The molecule has 36 heavy (non-hydrogen) atoms. The minimum atomic E-state index is -3.70. The summed E-state index contributed by atoms with van der Waals surface area (Å²) in [4.78, 5) is 24.5. The summed E-state index contributed by atoms with van der Waals surface area (Å²) in [5.74, 6) is -0.312. The SMILES string of the molecule is C[C@@H](C(=O)N/N=C\c1ccc(OCC(=O)NCc2ccccc2)cc1)N(c1ccccc1)S(C)(=O)=O. The molecule has 0 saturated heterocycles. The van der Waals surface area contributed by atoms with Crippen LogP contribution in [0.3, 0.4) is 0 Å². The average molecular weight is 509 g/mol. The van der Waals surface area contributed by atoms with Crippen LogP contribution in [-0.4, -0.2) is 45.4 Å². The highest BCUT2D eigenvalue weighted by atomic mass is 32.2. The van der Waals surface area contributed by atoms with E-state index in [0.29, 0.717) is 23.5 Å². The monoisotopic (exact) mass is 508 g/mol. The van der Waals surface area contributed by atoms with Gasteiger partial charge in [0, 0.05) is 6.54 Å². The predicted octanol–water partition coefficient (Wildman–Crippen LogP) is 2.69. The van der Waals surface area contributed by atoms with Gasteiger partial charge in [0.15, 0.2) is 6.61 Å². The first-order chi connectivity index (χ1) is 17.2. The van der Waals surface area contributed by atoms with Crippen molar-refractivity contribution in [3.63, 3.8) is 0 Å². The number of hydrogen-bond acceptors (Lipinski definition) is 6. The third kappa shape index (κ3) is 7.95. The number of hydrazone groups is 1. The molecule has 0 aliphatic rings. The maximum atomic E-state index is 12.6. The Kier molecular flexibility index (Phi) is 9.18. The number of carbonyl (C=O) groups is 2. The van der Waals surface area contributed by atoms with Crippen molar-refractivity contribution in [3.05, 3.63) is 96.1 Å². The number of ether oxygens (including phenoxy) is 1. The van der Waals surface area contributed by atoms with E-state index in [2.05, 4.69) is 15.8 Å². The van der Waals surface area contributed by atoms with E-state index in [-0.39, 0.29) is 12.5 Å². The molecular weight excluding hydrogens is 480 g/mol. The molecule has 0 fully saturated rings. The van der Waals surface area contributed by atoms with Crippen LogP contribution in [0.15, 0.2) is 90.0 Å². The summed E-state index contributed by atoms with van der Waals surface area (Å²) in [5, 5.41) is 6.72. The molecule has 0 bridgehead atoms. The van der Waals surface area contributed by atoms with E-state index in [1.54, 1.807) is 54.6 Å². The van der Waals surface area contributed by atoms with Crippen LogP contribution in [0.4, 0.5) is 5.69 Å². The van der Waals surface area contributed by atoms with Crippen LogP contribution in [0.25, 0.3) is 0 Å². The molecule has 0 aliphatic heterocycles. The van der Waals surface area contributed by atoms with E-state index in [4.69, 9.17) is 4.74 Å². The van der Waals surface area contributed by atoms with E-state index >= 15 is 0 Å². The van der Waals surface area contributed by atoms with Gasteiger partial charge < -0.3 is 10.1 Å². The zero-order chi connectivity index (χ0) is 26.0. The van der Waals surface area contributed by atoms with Crippen LogP contribution in [-0.2, 0) is 26.2 Å². The molecular formula is C26H28N4O5S. The molecule has 10 heteroatoms. The summed E-state index contributed by atoms with van der Waals surface area (Å²) in [6.45, 7) is 1.80. The van der Waals surface area contributed by atoms with Crippen LogP contribution in [0.5, 0.6) is 5.75 Å².